The van der Waals surface area contributed by atoms with Crippen molar-refractivity contribution in [1.82, 2.24) is 0 Å². The average Bonchev–Trinajstić information content (AvgIpc) is 1.74. The van der Waals surface area contributed by atoms with Crippen molar-refractivity contribution < 1.29 is 33.2 Å². The molecule has 0 rings (SSSR count). The highest BCUT2D eigenvalue weighted by atomic mass is 31.2. The molecular formula is C7H19O7P2-. The van der Waals surface area contributed by atoms with Crippen molar-refractivity contribution in [2.24, 2.45) is 0 Å². The first-order chi connectivity index (χ1) is 6.67. The molecule has 0 aromatic carbocycles. The van der Waals surface area contributed by atoms with Crippen LogP contribution in [-0.4, -0.2) is 25.9 Å². The zero-order valence-corrected chi connectivity index (χ0v) is 11.7. The SMILES string of the molecule is CC(C)(C)P(=O)([O-])O.CC(C)OP(=O)(O)O. The number of phosphoric acid groups is 1. The van der Waals surface area contributed by atoms with Crippen molar-refractivity contribution in [2.45, 2.75) is 45.9 Å². The predicted octanol–water partition coefficient (Wildman–Crippen LogP) is 0.835. The summed E-state index contributed by atoms with van der Waals surface area (Å²) in [5, 5.41) is -1.01. The summed E-state index contributed by atoms with van der Waals surface area (Å²) < 4.78 is 24.3. The Morgan fingerprint density at radius 3 is 1.38 bits per heavy atom. The highest BCUT2D eigenvalue weighted by Crippen LogP contribution is 2.45. The summed E-state index contributed by atoms with van der Waals surface area (Å²) in [6.07, 6.45) is -0.421. The van der Waals surface area contributed by atoms with Crippen molar-refractivity contribution in [3.63, 3.8) is 0 Å². The van der Waals surface area contributed by atoms with Gasteiger partial charge in [-0.3, -0.25) is 4.52 Å². The second kappa shape index (κ2) is 6.26. The van der Waals surface area contributed by atoms with E-state index in [2.05, 4.69) is 4.52 Å². The minimum absolute atomic E-state index is 0.421. The number of rotatable bonds is 2. The molecule has 0 bridgehead atoms. The maximum Gasteiger partial charge on any atom is 0.469 e. The van der Waals surface area contributed by atoms with Gasteiger partial charge in [-0.05, 0) is 13.8 Å². The second-order valence-electron chi connectivity index (χ2n) is 4.34. The molecule has 0 spiro atoms. The number of phosphoric ester groups is 1. The minimum Gasteiger partial charge on any atom is -0.778 e. The molecule has 0 radical (unpaired) electrons. The Morgan fingerprint density at radius 2 is 1.38 bits per heavy atom. The van der Waals surface area contributed by atoms with E-state index in [0.29, 0.717) is 0 Å². The Bertz CT molecular complexity index is 282. The highest BCUT2D eigenvalue weighted by Gasteiger charge is 2.22. The summed E-state index contributed by atoms with van der Waals surface area (Å²) >= 11 is 0. The molecule has 3 N–H and O–H groups in total. The molecule has 0 saturated heterocycles. The lowest BCUT2D eigenvalue weighted by atomic mass is 10.3. The smallest absolute Gasteiger partial charge is 0.469 e. The standard InChI is InChI=1S/C4H11O3P.C3H9O4P/c1-4(2,3)8(5,6)7;1-3(2)7-8(4,5)6/h1-3H3,(H2,5,6,7);3H,1-2H3,(H2,4,5,6)/p-1. The van der Waals surface area contributed by atoms with E-state index in [1.54, 1.807) is 13.8 Å². The summed E-state index contributed by atoms with van der Waals surface area (Å²) in [6, 6.07) is 0. The zero-order chi connectivity index (χ0) is 13.8. The van der Waals surface area contributed by atoms with Crippen molar-refractivity contribution in [3.05, 3.63) is 0 Å². The molecule has 0 amide bonds. The van der Waals surface area contributed by atoms with Crippen LogP contribution in [-0.2, 0) is 13.7 Å². The fourth-order valence-corrected chi connectivity index (χ4v) is 0.824. The van der Waals surface area contributed by atoms with E-state index in [1.165, 1.54) is 20.8 Å². The molecule has 9 heteroatoms. The molecule has 0 saturated carbocycles. The highest BCUT2D eigenvalue weighted by molar-refractivity contribution is 7.52. The molecule has 1 atom stereocenters. The van der Waals surface area contributed by atoms with E-state index in [4.69, 9.17) is 14.7 Å². The minimum atomic E-state index is -4.22. The monoisotopic (exact) mass is 277 g/mol. The van der Waals surface area contributed by atoms with Crippen LogP contribution in [0.15, 0.2) is 0 Å². The molecule has 0 aliphatic carbocycles. The van der Waals surface area contributed by atoms with Gasteiger partial charge in [-0.15, -0.1) is 0 Å². The molecule has 0 heterocycles. The largest absolute Gasteiger partial charge is 0.778 e. The Labute approximate surface area is 95.2 Å². The maximum atomic E-state index is 10.2. The lowest BCUT2D eigenvalue weighted by Gasteiger charge is -2.30. The van der Waals surface area contributed by atoms with Gasteiger partial charge in [0, 0.05) is 5.16 Å². The summed E-state index contributed by atoms with van der Waals surface area (Å²) in [5.74, 6) is 0. The molecule has 0 aromatic heterocycles. The zero-order valence-electron chi connectivity index (χ0n) is 9.95. The van der Waals surface area contributed by atoms with Gasteiger partial charge in [0.1, 0.15) is 7.60 Å². The molecular weight excluding hydrogens is 258 g/mol. The van der Waals surface area contributed by atoms with Crippen LogP contribution >= 0.6 is 15.4 Å². The van der Waals surface area contributed by atoms with Gasteiger partial charge >= 0.3 is 7.82 Å². The van der Waals surface area contributed by atoms with Gasteiger partial charge in [0.25, 0.3) is 0 Å². The van der Waals surface area contributed by atoms with E-state index in [1.807, 2.05) is 0 Å². The van der Waals surface area contributed by atoms with Crippen molar-refractivity contribution in [1.29, 1.82) is 0 Å². The van der Waals surface area contributed by atoms with Crippen LogP contribution in [0.2, 0.25) is 0 Å². The molecule has 16 heavy (non-hydrogen) atoms. The average molecular weight is 277 g/mol. The molecule has 0 aromatic rings. The summed E-state index contributed by atoms with van der Waals surface area (Å²) in [5.41, 5.74) is 0. The molecule has 1 unspecified atom stereocenters. The summed E-state index contributed by atoms with van der Waals surface area (Å²) in [4.78, 5) is 34.7. The van der Waals surface area contributed by atoms with Crippen LogP contribution in [0.1, 0.15) is 34.6 Å². The normalized spacial score (nSPS) is 16.4. The van der Waals surface area contributed by atoms with Crippen LogP contribution in [0, 0.1) is 0 Å². The molecule has 7 nitrogen and oxygen atoms in total. The predicted molar refractivity (Wildman–Crippen MR) is 57.8 cm³/mol. The molecule has 100 valence electrons. The molecule has 0 fully saturated rings. The van der Waals surface area contributed by atoms with Gasteiger partial charge in [-0.2, -0.15) is 0 Å². The van der Waals surface area contributed by atoms with E-state index in [0.717, 1.165) is 0 Å². The van der Waals surface area contributed by atoms with E-state index in [9.17, 15) is 14.0 Å². The summed E-state index contributed by atoms with van der Waals surface area (Å²) in [6.45, 7) is 7.44. The third kappa shape index (κ3) is 12.3. The van der Waals surface area contributed by atoms with Gasteiger partial charge in [0.05, 0.1) is 6.10 Å². The van der Waals surface area contributed by atoms with Crippen LogP contribution in [0.3, 0.4) is 0 Å². The fourth-order valence-electron chi connectivity index (χ4n) is 0.275. The molecule has 0 aliphatic heterocycles. The Balaban J connectivity index is 0. The first-order valence-corrected chi connectivity index (χ1v) is 7.55. The van der Waals surface area contributed by atoms with E-state index < -0.39 is 26.7 Å². The fraction of sp³-hybridized carbons (Fsp3) is 1.00. The first-order valence-electron chi connectivity index (χ1n) is 4.44. The Kier molecular flexibility index (Phi) is 7.29. The van der Waals surface area contributed by atoms with E-state index in [-0.39, 0.29) is 0 Å². The van der Waals surface area contributed by atoms with Gasteiger partial charge in [-0.25, -0.2) is 4.57 Å². The third-order valence-corrected chi connectivity index (χ3v) is 3.59. The Morgan fingerprint density at radius 1 is 1.12 bits per heavy atom. The van der Waals surface area contributed by atoms with Crippen molar-refractivity contribution in [2.75, 3.05) is 0 Å². The summed E-state index contributed by atoms with van der Waals surface area (Å²) in [7, 11) is -8.32. The first kappa shape index (κ1) is 18.6. The third-order valence-electron chi connectivity index (χ3n) is 1.20. The van der Waals surface area contributed by atoms with E-state index >= 15 is 0 Å². The van der Waals surface area contributed by atoms with Gasteiger partial charge in [-0.1, -0.05) is 20.8 Å². The van der Waals surface area contributed by atoms with Crippen LogP contribution in [0.25, 0.3) is 0 Å². The van der Waals surface area contributed by atoms with Crippen LogP contribution in [0.5, 0.6) is 0 Å². The van der Waals surface area contributed by atoms with Gasteiger partial charge < -0.3 is 24.1 Å². The van der Waals surface area contributed by atoms with Crippen molar-refractivity contribution in [3.8, 4) is 0 Å². The lowest BCUT2D eigenvalue weighted by Crippen LogP contribution is -2.22. The number of hydrogen-bond acceptors (Lipinski definition) is 4. The van der Waals surface area contributed by atoms with Gasteiger partial charge in [0.15, 0.2) is 0 Å². The number of hydrogen-bond donors (Lipinski definition) is 3. The topological polar surface area (TPSA) is 127 Å². The van der Waals surface area contributed by atoms with Gasteiger partial charge in [0.2, 0.25) is 0 Å². The Hall–Kier alpha value is 0.260. The van der Waals surface area contributed by atoms with Crippen LogP contribution < -0.4 is 4.89 Å². The molecule has 0 aliphatic rings. The lowest BCUT2D eigenvalue weighted by molar-refractivity contribution is -0.198. The second-order valence-corrected chi connectivity index (χ2v) is 7.91. The quantitative estimate of drug-likeness (QED) is 0.638. The maximum absolute atomic E-state index is 10.2. The van der Waals surface area contributed by atoms with Crippen LogP contribution in [0.4, 0.5) is 0 Å². The van der Waals surface area contributed by atoms with Crippen molar-refractivity contribution >= 4 is 15.4 Å².